The van der Waals surface area contributed by atoms with Crippen LogP contribution in [0.3, 0.4) is 0 Å². The van der Waals surface area contributed by atoms with Gasteiger partial charge in [0.25, 0.3) is 0 Å². The zero-order chi connectivity index (χ0) is 20.2. The number of benzene rings is 2. The Morgan fingerprint density at radius 2 is 1.89 bits per heavy atom. The van der Waals surface area contributed by atoms with Gasteiger partial charge in [0, 0.05) is 17.6 Å². The van der Waals surface area contributed by atoms with E-state index in [4.69, 9.17) is 11.6 Å². The molecule has 0 aromatic heterocycles. The predicted octanol–water partition coefficient (Wildman–Crippen LogP) is 3.02. The molecule has 0 aliphatic carbocycles. The van der Waals surface area contributed by atoms with Gasteiger partial charge in [0.05, 0.1) is 17.6 Å². The van der Waals surface area contributed by atoms with E-state index in [2.05, 4.69) is 9.46 Å². The lowest BCUT2D eigenvalue weighted by atomic mass is 10.1. The Labute approximate surface area is 165 Å². The van der Waals surface area contributed by atoms with E-state index in [1.165, 1.54) is 25.3 Å². The molecule has 2 aromatic carbocycles. The maximum atomic E-state index is 12.8. The quantitative estimate of drug-likeness (QED) is 0.710. The monoisotopic (exact) mass is 410 g/mol. The molecule has 0 radical (unpaired) electrons. The maximum Gasteiger partial charge on any atom is 0.337 e. The van der Waals surface area contributed by atoms with E-state index in [0.717, 1.165) is 5.56 Å². The highest BCUT2D eigenvalue weighted by atomic mass is 35.5. The number of hydrogen-bond acceptors (Lipinski definition) is 5. The highest BCUT2D eigenvalue weighted by molar-refractivity contribution is 7.89. The van der Waals surface area contributed by atoms with Gasteiger partial charge in [-0.15, -0.1) is 0 Å². The number of carbonyl (C=O) groups excluding carboxylic acids is 1. The van der Waals surface area contributed by atoms with Crippen LogP contribution < -0.4 is 4.72 Å². The van der Waals surface area contributed by atoms with Crippen molar-refractivity contribution in [3.63, 3.8) is 0 Å². The van der Waals surface area contributed by atoms with Crippen LogP contribution >= 0.6 is 11.6 Å². The molecule has 6 nitrogen and oxygen atoms in total. The number of nitrogens with zero attached hydrogens (tertiary/aromatic N) is 1. The van der Waals surface area contributed by atoms with Gasteiger partial charge in [0.15, 0.2) is 0 Å². The van der Waals surface area contributed by atoms with Gasteiger partial charge in [-0.05, 0) is 56.4 Å². The van der Waals surface area contributed by atoms with E-state index >= 15 is 0 Å². The Morgan fingerprint density at radius 1 is 1.22 bits per heavy atom. The maximum absolute atomic E-state index is 12.8. The van der Waals surface area contributed by atoms with Crippen molar-refractivity contribution in [3.05, 3.63) is 64.2 Å². The molecule has 0 heterocycles. The molecule has 0 aliphatic heterocycles. The summed E-state index contributed by atoms with van der Waals surface area (Å²) in [6.45, 7) is 1.79. The molecule has 0 amide bonds. The minimum Gasteiger partial charge on any atom is -0.465 e. The van der Waals surface area contributed by atoms with Gasteiger partial charge in [-0.2, -0.15) is 0 Å². The lowest BCUT2D eigenvalue weighted by Gasteiger charge is -2.26. The number of hydrogen-bond donors (Lipinski definition) is 1. The number of likely N-dealkylation sites (N-methyl/N-ethyl adjacent to an activating group) is 1. The molecule has 0 bridgehead atoms. The minimum atomic E-state index is -3.76. The summed E-state index contributed by atoms with van der Waals surface area (Å²) in [4.78, 5) is 13.6. The number of aryl methyl sites for hydroxylation is 1. The number of nitrogens with one attached hydrogen (secondary N) is 1. The summed E-state index contributed by atoms with van der Waals surface area (Å²) in [7, 11) is 1.24. The molecule has 2 rings (SSSR count). The van der Waals surface area contributed by atoms with Crippen molar-refractivity contribution in [1.82, 2.24) is 9.62 Å². The molecule has 146 valence electrons. The second-order valence-electron chi connectivity index (χ2n) is 6.32. The van der Waals surface area contributed by atoms with E-state index < -0.39 is 16.0 Å². The average molecular weight is 411 g/mol. The second kappa shape index (κ2) is 8.84. The van der Waals surface area contributed by atoms with E-state index in [-0.39, 0.29) is 17.5 Å². The van der Waals surface area contributed by atoms with Crippen molar-refractivity contribution < 1.29 is 17.9 Å². The smallest absolute Gasteiger partial charge is 0.337 e. The summed E-state index contributed by atoms with van der Waals surface area (Å²) in [5, 5.41) is 0.578. The minimum absolute atomic E-state index is 0.117. The first-order chi connectivity index (χ1) is 12.7. The second-order valence-corrected chi connectivity index (χ2v) is 8.47. The fourth-order valence-electron chi connectivity index (χ4n) is 2.78. The molecule has 0 spiro atoms. The fourth-order valence-corrected chi connectivity index (χ4v) is 4.30. The SMILES string of the molecule is COC(=O)c1ccc(S(=O)(=O)NCC(c2ccccc2Cl)N(C)C)c(C)c1. The highest BCUT2D eigenvalue weighted by Crippen LogP contribution is 2.26. The standard InChI is InChI=1S/C19H23ClN2O4S/c1-13-11-14(19(23)26-4)9-10-18(13)27(24,25)21-12-17(22(2)3)15-7-5-6-8-16(15)20/h5-11,17,21H,12H2,1-4H3. The number of methoxy groups -OCH3 is 1. The van der Waals surface area contributed by atoms with Crippen LogP contribution in [0.1, 0.15) is 27.5 Å². The Hall–Kier alpha value is -1.93. The van der Waals surface area contributed by atoms with Crippen molar-refractivity contribution in [1.29, 1.82) is 0 Å². The number of ether oxygens (including phenoxy) is 1. The number of sulfonamides is 1. The van der Waals surface area contributed by atoms with Crippen LogP contribution in [0.15, 0.2) is 47.4 Å². The molecule has 1 unspecified atom stereocenters. The molecular weight excluding hydrogens is 388 g/mol. The third-order valence-electron chi connectivity index (χ3n) is 4.24. The van der Waals surface area contributed by atoms with E-state index in [1.54, 1.807) is 13.0 Å². The molecule has 8 heteroatoms. The molecule has 0 saturated carbocycles. The average Bonchev–Trinajstić information content (AvgIpc) is 2.62. The zero-order valence-electron chi connectivity index (χ0n) is 15.7. The summed E-state index contributed by atoms with van der Waals surface area (Å²) < 4.78 is 32.8. The van der Waals surface area contributed by atoms with E-state index in [0.29, 0.717) is 16.1 Å². The van der Waals surface area contributed by atoms with E-state index in [9.17, 15) is 13.2 Å². The molecule has 0 aliphatic rings. The van der Waals surface area contributed by atoms with Gasteiger partial charge in [0.2, 0.25) is 10.0 Å². The van der Waals surface area contributed by atoms with Crippen LogP contribution in [0.25, 0.3) is 0 Å². The highest BCUT2D eigenvalue weighted by Gasteiger charge is 2.23. The van der Waals surface area contributed by atoms with Gasteiger partial charge in [-0.1, -0.05) is 29.8 Å². The lowest BCUT2D eigenvalue weighted by molar-refractivity contribution is 0.0600. The van der Waals surface area contributed by atoms with Crippen molar-refractivity contribution in [2.45, 2.75) is 17.9 Å². The van der Waals surface area contributed by atoms with Crippen LogP contribution in [0, 0.1) is 6.92 Å². The molecule has 2 aromatic rings. The van der Waals surface area contributed by atoms with Crippen LogP contribution in [0.5, 0.6) is 0 Å². The third-order valence-corrected chi connectivity index (χ3v) is 6.17. The molecule has 1 atom stereocenters. The first kappa shape index (κ1) is 21.4. The normalized spacial score (nSPS) is 12.8. The molecule has 0 saturated heterocycles. The molecular formula is C19H23ClN2O4S. The first-order valence-electron chi connectivity index (χ1n) is 8.27. The summed E-state index contributed by atoms with van der Waals surface area (Å²) >= 11 is 6.27. The van der Waals surface area contributed by atoms with E-state index in [1.807, 2.05) is 37.2 Å². The molecule has 1 N–H and O–H groups in total. The van der Waals surface area contributed by atoms with Gasteiger partial charge >= 0.3 is 5.97 Å². The van der Waals surface area contributed by atoms with Crippen LogP contribution in [-0.4, -0.2) is 47.0 Å². The Morgan fingerprint density at radius 3 is 2.44 bits per heavy atom. The predicted molar refractivity (Wildman–Crippen MR) is 106 cm³/mol. The number of rotatable bonds is 7. The number of esters is 1. The van der Waals surface area contributed by atoms with Gasteiger partial charge in [0.1, 0.15) is 0 Å². The van der Waals surface area contributed by atoms with Crippen molar-refractivity contribution >= 4 is 27.6 Å². The van der Waals surface area contributed by atoms with Gasteiger partial charge < -0.3 is 9.64 Å². The summed E-state index contributed by atoms with van der Waals surface area (Å²) in [5.74, 6) is -0.513. The third kappa shape index (κ3) is 5.07. The first-order valence-corrected chi connectivity index (χ1v) is 10.1. The van der Waals surface area contributed by atoms with Crippen molar-refractivity contribution in [3.8, 4) is 0 Å². The lowest BCUT2D eigenvalue weighted by Crippen LogP contribution is -2.35. The van der Waals surface area contributed by atoms with Gasteiger partial charge in [-0.25, -0.2) is 17.9 Å². The number of carbonyl (C=O) groups is 1. The van der Waals surface area contributed by atoms with Crippen molar-refractivity contribution in [2.75, 3.05) is 27.7 Å². The molecule has 0 fully saturated rings. The van der Waals surface area contributed by atoms with Crippen LogP contribution in [0.2, 0.25) is 5.02 Å². The summed E-state index contributed by atoms with van der Waals surface area (Å²) in [6.07, 6.45) is 0. The van der Waals surface area contributed by atoms with Crippen LogP contribution in [-0.2, 0) is 14.8 Å². The largest absolute Gasteiger partial charge is 0.465 e. The zero-order valence-corrected chi connectivity index (χ0v) is 17.3. The Bertz CT molecular complexity index is 929. The summed E-state index contributed by atoms with van der Waals surface area (Å²) in [6, 6.07) is 11.4. The molecule has 27 heavy (non-hydrogen) atoms. The van der Waals surface area contributed by atoms with Gasteiger partial charge in [-0.3, -0.25) is 0 Å². The Balaban J connectivity index is 2.25. The fraction of sp³-hybridized carbons (Fsp3) is 0.316. The topological polar surface area (TPSA) is 75.7 Å². The summed E-state index contributed by atoms with van der Waals surface area (Å²) in [5.41, 5.74) is 1.60. The Kier molecular flexibility index (Phi) is 7.00. The number of halogens is 1. The van der Waals surface area contributed by atoms with Crippen LogP contribution in [0.4, 0.5) is 0 Å². The van der Waals surface area contributed by atoms with Crippen molar-refractivity contribution in [2.24, 2.45) is 0 Å².